The van der Waals surface area contributed by atoms with Crippen molar-refractivity contribution in [2.45, 2.75) is 0 Å². The SMILES string of the molecule is COc1ccc(OCCN2C(=O)COc3ccc(NC(=O)c4ccc(Br)o4)cc32)cc1. The number of halogens is 1. The molecule has 0 saturated heterocycles. The van der Waals surface area contributed by atoms with Crippen molar-refractivity contribution in [3.05, 3.63) is 65.0 Å². The fourth-order valence-electron chi connectivity index (χ4n) is 3.08. The first kappa shape index (κ1) is 20.8. The van der Waals surface area contributed by atoms with Crippen LogP contribution in [0.15, 0.2) is 63.7 Å². The zero-order valence-electron chi connectivity index (χ0n) is 16.6. The Hall–Kier alpha value is -3.46. The maximum atomic E-state index is 12.5. The van der Waals surface area contributed by atoms with Crippen molar-refractivity contribution in [3.63, 3.8) is 0 Å². The van der Waals surface area contributed by atoms with E-state index in [1.54, 1.807) is 66.6 Å². The van der Waals surface area contributed by atoms with Crippen LogP contribution in [0.1, 0.15) is 10.6 Å². The Labute approximate surface area is 186 Å². The molecule has 0 bridgehead atoms. The molecular formula is C22H19BrN2O6. The molecule has 1 aliphatic rings. The van der Waals surface area contributed by atoms with Gasteiger partial charge in [-0.2, -0.15) is 0 Å². The molecular weight excluding hydrogens is 468 g/mol. The van der Waals surface area contributed by atoms with E-state index < -0.39 is 5.91 Å². The van der Waals surface area contributed by atoms with Gasteiger partial charge in [-0.1, -0.05) is 0 Å². The summed E-state index contributed by atoms with van der Waals surface area (Å²) in [5.74, 6) is 1.55. The number of nitrogens with zero attached hydrogens (tertiary/aromatic N) is 1. The zero-order valence-corrected chi connectivity index (χ0v) is 18.2. The summed E-state index contributed by atoms with van der Waals surface area (Å²) >= 11 is 3.17. The standard InChI is InChI=1S/C22H19BrN2O6/c1-28-15-3-5-16(6-4-15)29-11-10-25-17-12-14(2-7-18(17)30-13-21(25)26)24-22(27)19-8-9-20(23)31-19/h2-9,12H,10-11,13H2,1H3,(H,24,27). The molecule has 2 aromatic carbocycles. The molecule has 1 aliphatic heterocycles. The van der Waals surface area contributed by atoms with E-state index in [0.29, 0.717) is 34.1 Å². The molecule has 2 heterocycles. The minimum absolute atomic E-state index is 0.0539. The Balaban J connectivity index is 1.45. The minimum atomic E-state index is -0.400. The molecule has 4 rings (SSSR count). The van der Waals surface area contributed by atoms with Crippen molar-refractivity contribution in [1.29, 1.82) is 0 Å². The average molecular weight is 487 g/mol. The number of rotatable bonds is 7. The van der Waals surface area contributed by atoms with Gasteiger partial charge in [-0.3, -0.25) is 9.59 Å². The number of benzene rings is 2. The molecule has 3 aromatic rings. The molecule has 8 nitrogen and oxygen atoms in total. The third kappa shape index (κ3) is 4.83. The van der Waals surface area contributed by atoms with Crippen LogP contribution in [0.2, 0.25) is 0 Å². The summed E-state index contributed by atoms with van der Waals surface area (Å²) in [6.45, 7) is 0.555. The maximum Gasteiger partial charge on any atom is 0.291 e. The first-order chi connectivity index (χ1) is 15.0. The highest BCUT2D eigenvalue weighted by atomic mass is 79.9. The van der Waals surface area contributed by atoms with Crippen LogP contribution in [0.4, 0.5) is 11.4 Å². The molecule has 1 N–H and O–H groups in total. The Kier molecular flexibility index (Phi) is 6.13. The molecule has 2 amide bonds. The predicted molar refractivity (Wildman–Crippen MR) is 117 cm³/mol. The minimum Gasteiger partial charge on any atom is -0.497 e. The van der Waals surface area contributed by atoms with E-state index in [9.17, 15) is 9.59 Å². The molecule has 0 radical (unpaired) electrons. The quantitative estimate of drug-likeness (QED) is 0.540. The number of furan rings is 1. The molecule has 0 unspecified atom stereocenters. The second-order valence-electron chi connectivity index (χ2n) is 6.60. The Morgan fingerprint density at radius 1 is 1.13 bits per heavy atom. The largest absolute Gasteiger partial charge is 0.497 e. The van der Waals surface area contributed by atoms with Crippen molar-refractivity contribution < 1.29 is 28.2 Å². The molecule has 0 saturated carbocycles. The van der Waals surface area contributed by atoms with Gasteiger partial charge in [0.25, 0.3) is 11.8 Å². The van der Waals surface area contributed by atoms with Gasteiger partial charge < -0.3 is 28.8 Å². The van der Waals surface area contributed by atoms with Crippen molar-refractivity contribution in [2.24, 2.45) is 0 Å². The van der Waals surface area contributed by atoms with Gasteiger partial charge in [-0.15, -0.1) is 0 Å². The van der Waals surface area contributed by atoms with E-state index in [4.69, 9.17) is 18.6 Å². The van der Waals surface area contributed by atoms with Gasteiger partial charge in [0.05, 0.1) is 19.3 Å². The number of carbonyl (C=O) groups is 2. The summed E-state index contributed by atoms with van der Waals surface area (Å²) in [4.78, 5) is 26.4. The lowest BCUT2D eigenvalue weighted by molar-refractivity contribution is -0.121. The number of ether oxygens (including phenoxy) is 3. The predicted octanol–water partition coefficient (Wildman–Crippen LogP) is 4.11. The molecule has 1 aromatic heterocycles. The summed E-state index contributed by atoms with van der Waals surface area (Å²) < 4.78 is 22.1. The highest BCUT2D eigenvalue weighted by molar-refractivity contribution is 9.10. The third-order valence-corrected chi connectivity index (χ3v) is 5.03. The monoisotopic (exact) mass is 486 g/mol. The van der Waals surface area contributed by atoms with Crippen molar-refractivity contribution in [3.8, 4) is 17.2 Å². The van der Waals surface area contributed by atoms with Gasteiger partial charge in [0.2, 0.25) is 0 Å². The van der Waals surface area contributed by atoms with Crippen LogP contribution in [0.3, 0.4) is 0 Å². The number of fused-ring (bicyclic) bond motifs is 1. The normalized spacial score (nSPS) is 12.7. The molecule has 0 spiro atoms. The van der Waals surface area contributed by atoms with Crippen LogP contribution >= 0.6 is 15.9 Å². The highest BCUT2D eigenvalue weighted by Gasteiger charge is 2.26. The summed E-state index contributed by atoms with van der Waals surface area (Å²) in [6, 6.07) is 15.5. The van der Waals surface area contributed by atoms with Crippen molar-refractivity contribution >= 4 is 39.1 Å². The summed E-state index contributed by atoms with van der Waals surface area (Å²) in [5, 5.41) is 2.76. The van der Waals surface area contributed by atoms with E-state index in [-0.39, 0.29) is 24.9 Å². The van der Waals surface area contributed by atoms with E-state index in [1.807, 2.05) is 0 Å². The third-order valence-electron chi connectivity index (χ3n) is 4.60. The maximum absolute atomic E-state index is 12.5. The van der Waals surface area contributed by atoms with E-state index in [2.05, 4.69) is 21.2 Å². The molecule has 160 valence electrons. The summed E-state index contributed by atoms with van der Waals surface area (Å²) in [6.07, 6.45) is 0. The number of amides is 2. The topological polar surface area (TPSA) is 90.2 Å². The van der Waals surface area contributed by atoms with Crippen LogP contribution in [0.25, 0.3) is 0 Å². The lowest BCUT2D eigenvalue weighted by atomic mass is 10.2. The Morgan fingerprint density at radius 3 is 2.61 bits per heavy atom. The molecule has 0 atom stereocenters. The fraction of sp³-hybridized carbons (Fsp3) is 0.182. The average Bonchev–Trinajstić information content (AvgIpc) is 3.22. The second-order valence-corrected chi connectivity index (χ2v) is 7.38. The molecule has 9 heteroatoms. The summed E-state index contributed by atoms with van der Waals surface area (Å²) in [7, 11) is 1.60. The van der Waals surface area contributed by atoms with Crippen LogP contribution in [-0.2, 0) is 4.79 Å². The van der Waals surface area contributed by atoms with Crippen molar-refractivity contribution in [1.82, 2.24) is 0 Å². The second kappa shape index (κ2) is 9.13. The highest BCUT2D eigenvalue weighted by Crippen LogP contribution is 2.34. The van der Waals surface area contributed by atoms with Crippen LogP contribution < -0.4 is 24.4 Å². The van der Waals surface area contributed by atoms with Gasteiger partial charge in [0.15, 0.2) is 17.0 Å². The number of carbonyl (C=O) groups excluding carboxylic acids is 2. The van der Waals surface area contributed by atoms with Gasteiger partial charge in [0.1, 0.15) is 23.9 Å². The van der Waals surface area contributed by atoms with Crippen LogP contribution in [0, 0.1) is 0 Å². The van der Waals surface area contributed by atoms with E-state index >= 15 is 0 Å². The van der Waals surface area contributed by atoms with Gasteiger partial charge in [-0.25, -0.2) is 0 Å². The summed E-state index contributed by atoms with van der Waals surface area (Å²) in [5.41, 5.74) is 1.07. The van der Waals surface area contributed by atoms with Gasteiger partial charge in [0, 0.05) is 5.69 Å². The number of hydrogen-bond donors (Lipinski definition) is 1. The Bertz CT molecular complexity index is 1100. The first-order valence-electron chi connectivity index (χ1n) is 9.44. The first-order valence-corrected chi connectivity index (χ1v) is 10.2. The number of hydrogen-bond acceptors (Lipinski definition) is 6. The molecule has 0 fully saturated rings. The Morgan fingerprint density at radius 2 is 1.90 bits per heavy atom. The molecule has 31 heavy (non-hydrogen) atoms. The number of methoxy groups -OCH3 is 1. The van der Waals surface area contributed by atoms with Gasteiger partial charge in [-0.05, 0) is 70.5 Å². The zero-order chi connectivity index (χ0) is 21.8. The fourth-order valence-corrected chi connectivity index (χ4v) is 3.39. The van der Waals surface area contributed by atoms with Crippen molar-refractivity contribution in [2.75, 3.05) is 37.1 Å². The van der Waals surface area contributed by atoms with Gasteiger partial charge >= 0.3 is 0 Å². The lowest BCUT2D eigenvalue weighted by Crippen LogP contribution is -2.41. The van der Waals surface area contributed by atoms with Crippen LogP contribution in [0.5, 0.6) is 17.2 Å². The molecule has 0 aliphatic carbocycles. The van der Waals surface area contributed by atoms with E-state index in [0.717, 1.165) is 5.75 Å². The number of nitrogens with one attached hydrogen (secondary N) is 1. The van der Waals surface area contributed by atoms with Crippen LogP contribution in [-0.4, -0.2) is 38.7 Å². The number of anilines is 2. The smallest absolute Gasteiger partial charge is 0.291 e. The lowest BCUT2D eigenvalue weighted by Gasteiger charge is -2.29. The van der Waals surface area contributed by atoms with E-state index in [1.165, 1.54) is 0 Å².